The van der Waals surface area contributed by atoms with Gasteiger partial charge in [0.15, 0.2) is 11.6 Å². The first-order valence-corrected chi connectivity index (χ1v) is 3.64. The molecule has 1 aromatic carbocycles. The summed E-state index contributed by atoms with van der Waals surface area (Å²) < 4.78 is 25.9. The highest BCUT2D eigenvalue weighted by molar-refractivity contribution is 5.36. The SMILES string of the molecule is C#Cc1ccc(CC)c(F)c1F. The van der Waals surface area contributed by atoms with Crippen LogP contribution in [0.5, 0.6) is 0 Å². The number of hydrogen-bond donors (Lipinski definition) is 0. The number of terminal acetylenes is 1. The monoisotopic (exact) mass is 166 g/mol. The molecule has 0 bridgehead atoms. The van der Waals surface area contributed by atoms with E-state index in [1.165, 1.54) is 12.1 Å². The van der Waals surface area contributed by atoms with Crippen LogP contribution in [0.25, 0.3) is 0 Å². The van der Waals surface area contributed by atoms with Crippen LogP contribution in [-0.2, 0) is 6.42 Å². The van der Waals surface area contributed by atoms with Gasteiger partial charge in [-0.05, 0) is 18.1 Å². The molecule has 0 heterocycles. The minimum atomic E-state index is -0.920. The van der Waals surface area contributed by atoms with E-state index in [0.29, 0.717) is 12.0 Å². The fourth-order valence-corrected chi connectivity index (χ4v) is 0.974. The summed E-state index contributed by atoms with van der Waals surface area (Å²) in [7, 11) is 0. The molecule has 0 aliphatic carbocycles. The molecule has 0 spiro atoms. The Balaban J connectivity index is 3.32. The minimum absolute atomic E-state index is 0.0234. The fourth-order valence-electron chi connectivity index (χ4n) is 0.974. The molecule has 0 saturated heterocycles. The molecule has 0 fully saturated rings. The highest BCUT2D eigenvalue weighted by Gasteiger charge is 2.09. The Morgan fingerprint density at radius 3 is 2.50 bits per heavy atom. The van der Waals surface area contributed by atoms with Crippen molar-refractivity contribution in [2.45, 2.75) is 13.3 Å². The summed E-state index contributed by atoms with van der Waals surface area (Å²) in [6, 6.07) is 2.92. The molecule has 0 nitrogen and oxygen atoms in total. The second-order valence-corrected chi connectivity index (χ2v) is 2.40. The van der Waals surface area contributed by atoms with Gasteiger partial charge >= 0.3 is 0 Å². The average Bonchev–Trinajstić information content (AvgIpc) is 2.10. The molecule has 0 amide bonds. The lowest BCUT2D eigenvalue weighted by Gasteiger charge is -2.01. The highest BCUT2D eigenvalue weighted by Crippen LogP contribution is 2.15. The number of benzene rings is 1. The molecule has 0 radical (unpaired) electrons. The van der Waals surface area contributed by atoms with Crippen molar-refractivity contribution < 1.29 is 8.78 Å². The van der Waals surface area contributed by atoms with Crippen LogP contribution in [0.15, 0.2) is 12.1 Å². The summed E-state index contributed by atoms with van der Waals surface area (Å²) in [5, 5.41) is 0. The van der Waals surface area contributed by atoms with Gasteiger partial charge in [0.05, 0.1) is 5.56 Å². The average molecular weight is 166 g/mol. The zero-order valence-electron chi connectivity index (χ0n) is 6.70. The summed E-state index contributed by atoms with van der Waals surface area (Å²) in [6.07, 6.45) is 5.42. The van der Waals surface area contributed by atoms with E-state index < -0.39 is 11.6 Å². The van der Waals surface area contributed by atoms with Crippen LogP contribution in [0.4, 0.5) is 8.78 Å². The van der Waals surface area contributed by atoms with E-state index in [4.69, 9.17) is 6.42 Å². The molecule has 0 aromatic heterocycles. The number of rotatable bonds is 1. The predicted octanol–water partition coefficient (Wildman–Crippen LogP) is 2.51. The third-order valence-electron chi connectivity index (χ3n) is 1.70. The zero-order valence-corrected chi connectivity index (χ0v) is 6.70. The summed E-state index contributed by atoms with van der Waals surface area (Å²) in [5.74, 6) is 0.327. The molecule has 62 valence electrons. The van der Waals surface area contributed by atoms with Crippen molar-refractivity contribution in [1.29, 1.82) is 0 Å². The molecule has 1 aromatic rings. The first kappa shape index (κ1) is 8.73. The lowest BCUT2D eigenvalue weighted by Crippen LogP contribution is -1.95. The lowest BCUT2D eigenvalue weighted by atomic mass is 10.1. The van der Waals surface area contributed by atoms with Gasteiger partial charge in [0.25, 0.3) is 0 Å². The van der Waals surface area contributed by atoms with E-state index >= 15 is 0 Å². The van der Waals surface area contributed by atoms with Crippen LogP contribution in [0.1, 0.15) is 18.1 Å². The third kappa shape index (κ3) is 1.31. The normalized spacial score (nSPS) is 9.50. The standard InChI is InChI=1S/C10H8F2/c1-3-7-5-6-8(4-2)10(12)9(7)11/h1,5-6H,4H2,2H3. The van der Waals surface area contributed by atoms with Gasteiger partial charge in [-0.2, -0.15) is 0 Å². The van der Waals surface area contributed by atoms with E-state index in [9.17, 15) is 8.78 Å². The lowest BCUT2D eigenvalue weighted by molar-refractivity contribution is 0.498. The Bertz CT molecular complexity index is 334. The van der Waals surface area contributed by atoms with Gasteiger partial charge in [-0.1, -0.05) is 18.9 Å². The van der Waals surface area contributed by atoms with Gasteiger partial charge in [-0.3, -0.25) is 0 Å². The van der Waals surface area contributed by atoms with E-state index in [0.717, 1.165) is 0 Å². The van der Waals surface area contributed by atoms with Crippen molar-refractivity contribution in [2.75, 3.05) is 0 Å². The van der Waals surface area contributed by atoms with Gasteiger partial charge in [-0.15, -0.1) is 6.42 Å². The van der Waals surface area contributed by atoms with Crippen LogP contribution >= 0.6 is 0 Å². The van der Waals surface area contributed by atoms with Crippen LogP contribution < -0.4 is 0 Å². The molecule has 0 aliphatic heterocycles. The Morgan fingerprint density at radius 1 is 1.33 bits per heavy atom. The Morgan fingerprint density at radius 2 is 2.00 bits per heavy atom. The Labute approximate surface area is 70.2 Å². The van der Waals surface area contributed by atoms with E-state index in [1.54, 1.807) is 6.92 Å². The molecule has 0 unspecified atom stereocenters. The summed E-state index contributed by atoms with van der Waals surface area (Å²) in [4.78, 5) is 0. The highest BCUT2D eigenvalue weighted by atomic mass is 19.2. The topological polar surface area (TPSA) is 0 Å². The van der Waals surface area contributed by atoms with Crippen LogP contribution in [0.3, 0.4) is 0 Å². The van der Waals surface area contributed by atoms with Crippen molar-refractivity contribution in [1.82, 2.24) is 0 Å². The second-order valence-electron chi connectivity index (χ2n) is 2.40. The molecular weight excluding hydrogens is 158 g/mol. The van der Waals surface area contributed by atoms with Crippen molar-refractivity contribution in [3.63, 3.8) is 0 Å². The molecular formula is C10H8F2. The molecule has 0 N–H and O–H groups in total. The smallest absolute Gasteiger partial charge is 0.174 e. The zero-order chi connectivity index (χ0) is 9.14. The first-order valence-electron chi connectivity index (χ1n) is 3.64. The van der Waals surface area contributed by atoms with Gasteiger partial charge in [0.1, 0.15) is 0 Å². The fraction of sp³-hybridized carbons (Fsp3) is 0.200. The quantitative estimate of drug-likeness (QED) is 0.562. The van der Waals surface area contributed by atoms with Gasteiger partial charge in [0, 0.05) is 0 Å². The number of halogens is 2. The maximum atomic E-state index is 13.0. The molecule has 1 rings (SSSR count). The molecule has 2 heteroatoms. The van der Waals surface area contributed by atoms with E-state index in [2.05, 4.69) is 5.92 Å². The first-order chi connectivity index (χ1) is 5.70. The minimum Gasteiger partial charge on any atom is -0.203 e. The molecule has 0 saturated carbocycles. The van der Waals surface area contributed by atoms with Crippen molar-refractivity contribution >= 4 is 0 Å². The molecule has 12 heavy (non-hydrogen) atoms. The van der Waals surface area contributed by atoms with E-state index in [-0.39, 0.29) is 5.56 Å². The van der Waals surface area contributed by atoms with Crippen LogP contribution in [-0.4, -0.2) is 0 Å². The van der Waals surface area contributed by atoms with E-state index in [1.807, 2.05) is 0 Å². The van der Waals surface area contributed by atoms with Gasteiger partial charge < -0.3 is 0 Å². The second kappa shape index (κ2) is 3.36. The number of hydrogen-bond acceptors (Lipinski definition) is 0. The summed E-state index contributed by atoms with van der Waals surface area (Å²) in [5.41, 5.74) is 0.330. The molecule has 0 atom stereocenters. The summed E-state index contributed by atoms with van der Waals surface area (Å²) in [6.45, 7) is 1.76. The van der Waals surface area contributed by atoms with Crippen LogP contribution in [0.2, 0.25) is 0 Å². The van der Waals surface area contributed by atoms with Gasteiger partial charge in [-0.25, -0.2) is 8.78 Å². The van der Waals surface area contributed by atoms with Crippen molar-refractivity contribution in [3.8, 4) is 12.3 Å². The van der Waals surface area contributed by atoms with Crippen molar-refractivity contribution in [3.05, 3.63) is 34.9 Å². The van der Waals surface area contributed by atoms with Crippen molar-refractivity contribution in [2.24, 2.45) is 0 Å². The Hall–Kier alpha value is -1.36. The maximum Gasteiger partial charge on any atom is 0.174 e. The predicted molar refractivity (Wildman–Crippen MR) is 43.7 cm³/mol. The Kier molecular flexibility index (Phi) is 2.44. The largest absolute Gasteiger partial charge is 0.203 e. The maximum absolute atomic E-state index is 13.0. The third-order valence-corrected chi connectivity index (χ3v) is 1.70. The summed E-state index contributed by atoms with van der Waals surface area (Å²) >= 11 is 0. The molecule has 0 aliphatic rings. The van der Waals surface area contributed by atoms with Gasteiger partial charge in [0.2, 0.25) is 0 Å². The number of aryl methyl sites for hydroxylation is 1. The van der Waals surface area contributed by atoms with Crippen LogP contribution in [0, 0.1) is 24.0 Å².